The Kier molecular flexibility index (Phi) is 5.84. The number of unbranched alkanes of at least 4 members (excludes halogenated alkanes) is 1. The minimum atomic E-state index is -1.70. The molecule has 1 saturated carbocycles. The topological polar surface area (TPSA) is 26.3 Å². The van der Waals surface area contributed by atoms with Crippen LogP contribution >= 0.6 is 0 Å². The van der Waals surface area contributed by atoms with E-state index < -0.39 is 8.32 Å². The van der Waals surface area contributed by atoms with E-state index in [2.05, 4.69) is 39.8 Å². The standard InChI is InChI=1S/C18H32O2Si/c1-5-9-10-16-14-11-12-15(13-14)18(17(16)19)20-21(6-2,7-3)8-4/h11-12,14-16,18H,5-10,13H2,1-4H3/t14-,15+,16-,18+/m1/s1. The van der Waals surface area contributed by atoms with Gasteiger partial charge in [-0.2, -0.15) is 0 Å². The number of rotatable bonds is 8. The number of fused-ring (bicyclic) bond motifs is 2. The monoisotopic (exact) mass is 308 g/mol. The Morgan fingerprint density at radius 1 is 1.10 bits per heavy atom. The maximum atomic E-state index is 13.0. The molecule has 2 aliphatic rings. The lowest BCUT2D eigenvalue weighted by molar-refractivity contribution is -0.136. The van der Waals surface area contributed by atoms with Crippen LogP contribution in [0.3, 0.4) is 0 Å². The van der Waals surface area contributed by atoms with Crippen molar-refractivity contribution >= 4 is 14.1 Å². The fourth-order valence-corrected chi connectivity index (χ4v) is 6.94. The van der Waals surface area contributed by atoms with E-state index in [9.17, 15) is 4.79 Å². The summed E-state index contributed by atoms with van der Waals surface area (Å²) >= 11 is 0. The van der Waals surface area contributed by atoms with Crippen molar-refractivity contribution in [2.75, 3.05) is 0 Å². The number of hydrogen-bond donors (Lipinski definition) is 0. The van der Waals surface area contributed by atoms with E-state index in [1.54, 1.807) is 0 Å². The number of Topliss-reactive ketones (excluding diaryl/α,β-unsaturated/α-hetero) is 1. The molecule has 2 aliphatic carbocycles. The van der Waals surface area contributed by atoms with Gasteiger partial charge in [-0.05, 0) is 36.9 Å². The summed E-state index contributed by atoms with van der Waals surface area (Å²) in [6, 6.07) is 3.38. The Labute approximate surface area is 131 Å². The second kappa shape index (κ2) is 7.23. The molecule has 2 rings (SSSR count). The molecule has 0 saturated heterocycles. The Morgan fingerprint density at radius 2 is 1.71 bits per heavy atom. The summed E-state index contributed by atoms with van der Waals surface area (Å²) in [5.74, 6) is 1.50. The summed E-state index contributed by atoms with van der Waals surface area (Å²) in [4.78, 5) is 13.0. The average Bonchev–Trinajstić information content (AvgIpc) is 2.94. The first-order chi connectivity index (χ1) is 10.1. The quantitative estimate of drug-likeness (QED) is 0.468. The van der Waals surface area contributed by atoms with Crippen LogP contribution in [0.15, 0.2) is 12.2 Å². The Bertz CT molecular complexity index is 378. The third-order valence-electron chi connectivity index (χ3n) is 5.88. The average molecular weight is 309 g/mol. The predicted octanol–water partition coefficient (Wildman–Crippen LogP) is 4.96. The molecule has 1 fully saturated rings. The van der Waals surface area contributed by atoms with E-state index in [1.807, 2.05) is 0 Å². The van der Waals surface area contributed by atoms with Crippen molar-refractivity contribution in [1.29, 1.82) is 0 Å². The molecule has 21 heavy (non-hydrogen) atoms. The summed E-state index contributed by atoms with van der Waals surface area (Å²) in [5, 5.41) is 0. The summed E-state index contributed by atoms with van der Waals surface area (Å²) in [5.41, 5.74) is 0. The number of allylic oxidation sites excluding steroid dienone is 1. The maximum Gasteiger partial charge on any atom is 0.193 e. The number of ketones is 1. The van der Waals surface area contributed by atoms with Crippen LogP contribution in [0.25, 0.3) is 0 Å². The van der Waals surface area contributed by atoms with Gasteiger partial charge in [0.25, 0.3) is 0 Å². The molecule has 0 aromatic rings. The molecular formula is C18H32O2Si. The van der Waals surface area contributed by atoms with E-state index in [0.717, 1.165) is 37.4 Å². The molecule has 0 N–H and O–H groups in total. The molecule has 2 bridgehead atoms. The van der Waals surface area contributed by atoms with E-state index in [4.69, 9.17) is 4.43 Å². The van der Waals surface area contributed by atoms with Gasteiger partial charge in [-0.15, -0.1) is 0 Å². The first-order valence-electron chi connectivity index (χ1n) is 9.00. The van der Waals surface area contributed by atoms with Gasteiger partial charge in [0, 0.05) is 11.8 Å². The Hall–Kier alpha value is -0.413. The SMILES string of the molecule is CCCC[C@H]1C(=O)[C@@H](O[Si](CC)(CC)CC)[C@H]2C=C[C@@H]1C2. The molecule has 2 nitrogen and oxygen atoms in total. The van der Waals surface area contributed by atoms with Crippen LogP contribution in [0.5, 0.6) is 0 Å². The molecule has 0 spiro atoms. The van der Waals surface area contributed by atoms with Gasteiger partial charge in [0.2, 0.25) is 0 Å². The largest absolute Gasteiger partial charge is 0.406 e. The maximum absolute atomic E-state index is 13.0. The van der Waals surface area contributed by atoms with Crippen LogP contribution in [-0.4, -0.2) is 20.2 Å². The van der Waals surface area contributed by atoms with Gasteiger partial charge in [-0.25, -0.2) is 0 Å². The molecule has 0 aromatic carbocycles. The van der Waals surface area contributed by atoms with E-state index >= 15 is 0 Å². The highest BCUT2D eigenvalue weighted by Gasteiger charge is 2.47. The van der Waals surface area contributed by atoms with Crippen molar-refractivity contribution in [3.8, 4) is 0 Å². The van der Waals surface area contributed by atoms with Crippen molar-refractivity contribution in [1.82, 2.24) is 0 Å². The first kappa shape index (κ1) is 16.9. The van der Waals surface area contributed by atoms with Gasteiger partial charge in [0.15, 0.2) is 14.1 Å². The van der Waals surface area contributed by atoms with Crippen molar-refractivity contribution < 1.29 is 9.22 Å². The predicted molar refractivity (Wildman–Crippen MR) is 90.8 cm³/mol. The first-order valence-corrected chi connectivity index (χ1v) is 11.5. The Balaban J connectivity index is 2.14. The fraction of sp³-hybridized carbons (Fsp3) is 0.833. The molecule has 120 valence electrons. The smallest absolute Gasteiger partial charge is 0.193 e. The molecule has 4 atom stereocenters. The number of carbonyl (C=O) groups excluding carboxylic acids is 1. The van der Waals surface area contributed by atoms with Crippen LogP contribution in [0.2, 0.25) is 18.1 Å². The van der Waals surface area contributed by atoms with Crippen molar-refractivity contribution in [3.63, 3.8) is 0 Å². The zero-order chi connectivity index (χ0) is 15.5. The normalized spacial score (nSPS) is 31.9. The van der Waals surface area contributed by atoms with Gasteiger partial charge in [0.05, 0.1) is 0 Å². The lowest BCUT2D eigenvalue weighted by Gasteiger charge is -2.40. The van der Waals surface area contributed by atoms with Crippen LogP contribution in [-0.2, 0) is 9.22 Å². The zero-order valence-electron chi connectivity index (χ0n) is 14.2. The molecule has 3 heteroatoms. The summed E-state index contributed by atoms with van der Waals surface area (Å²) in [7, 11) is -1.70. The third-order valence-corrected chi connectivity index (χ3v) is 10.5. The molecule has 0 aromatic heterocycles. The number of hydrogen-bond acceptors (Lipinski definition) is 2. The molecular weight excluding hydrogens is 276 g/mol. The highest BCUT2D eigenvalue weighted by Crippen LogP contribution is 2.43. The molecule has 0 unspecified atom stereocenters. The van der Waals surface area contributed by atoms with Crippen LogP contribution in [0, 0.1) is 17.8 Å². The van der Waals surface area contributed by atoms with Crippen molar-refractivity contribution in [2.24, 2.45) is 17.8 Å². The van der Waals surface area contributed by atoms with Crippen LogP contribution < -0.4 is 0 Å². The van der Waals surface area contributed by atoms with E-state index in [1.165, 1.54) is 6.42 Å². The van der Waals surface area contributed by atoms with Gasteiger partial charge < -0.3 is 4.43 Å². The number of carbonyl (C=O) groups is 1. The summed E-state index contributed by atoms with van der Waals surface area (Å²) < 4.78 is 6.62. The van der Waals surface area contributed by atoms with Crippen molar-refractivity contribution in [3.05, 3.63) is 12.2 Å². The fourth-order valence-electron chi connectivity index (χ4n) is 4.11. The lowest BCUT2D eigenvalue weighted by Crippen LogP contribution is -2.49. The van der Waals surface area contributed by atoms with Gasteiger partial charge in [0.1, 0.15) is 6.10 Å². The van der Waals surface area contributed by atoms with Gasteiger partial charge in [-0.3, -0.25) is 4.79 Å². The molecule has 0 heterocycles. The molecule has 0 amide bonds. The Morgan fingerprint density at radius 3 is 2.29 bits per heavy atom. The minimum Gasteiger partial charge on any atom is -0.406 e. The molecule has 0 aliphatic heterocycles. The van der Waals surface area contributed by atoms with Gasteiger partial charge in [-0.1, -0.05) is 52.7 Å². The molecule has 0 radical (unpaired) electrons. The highest BCUT2D eigenvalue weighted by molar-refractivity contribution is 6.73. The minimum absolute atomic E-state index is 0.131. The highest BCUT2D eigenvalue weighted by atomic mass is 28.4. The zero-order valence-corrected chi connectivity index (χ0v) is 15.2. The lowest BCUT2D eigenvalue weighted by atomic mass is 9.74. The van der Waals surface area contributed by atoms with Crippen molar-refractivity contribution in [2.45, 2.75) is 77.6 Å². The third kappa shape index (κ3) is 3.34. The van der Waals surface area contributed by atoms with E-state index in [0.29, 0.717) is 17.6 Å². The second-order valence-electron chi connectivity index (χ2n) is 6.88. The summed E-state index contributed by atoms with van der Waals surface area (Å²) in [6.07, 6.45) is 8.98. The van der Waals surface area contributed by atoms with Crippen LogP contribution in [0.4, 0.5) is 0 Å². The summed E-state index contributed by atoms with van der Waals surface area (Å²) in [6.45, 7) is 8.94. The van der Waals surface area contributed by atoms with E-state index in [-0.39, 0.29) is 12.0 Å². The van der Waals surface area contributed by atoms with Gasteiger partial charge >= 0.3 is 0 Å². The second-order valence-corrected chi connectivity index (χ2v) is 11.6. The van der Waals surface area contributed by atoms with Crippen LogP contribution in [0.1, 0.15) is 53.4 Å².